The Hall–Kier alpha value is -4.81. The number of nitrogens with one attached hydrogen (secondary N) is 1. The van der Waals surface area contributed by atoms with Crippen LogP contribution in [0.4, 0.5) is 15.9 Å². The lowest BCUT2D eigenvalue weighted by molar-refractivity contribution is 0.281. The van der Waals surface area contributed by atoms with Crippen LogP contribution in [0.3, 0.4) is 0 Å². The van der Waals surface area contributed by atoms with Crippen LogP contribution in [0.5, 0.6) is 0 Å². The lowest BCUT2D eigenvalue weighted by Gasteiger charge is -2.20. The first-order valence-electron chi connectivity index (χ1n) is 14.8. The molecular formula is C33H35FN8O3. The first kappa shape index (κ1) is 30.2. The van der Waals surface area contributed by atoms with Crippen molar-refractivity contribution in [1.82, 2.24) is 34.4 Å². The summed E-state index contributed by atoms with van der Waals surface area (Å²) in [4.78, 5) is 37.8. The van der Waals surface area contributed by atoms with E-state index in [1.165, 1.54) is 30.2 Å². The number of aromatic nitrogens is 6. The fourth-order valence-electron chi connectivity index (χ4n) is 5.85. The largest absolute Gasteiger partial charge is 0.392 e. The molecule has 1 fully saturated rings. The summed E-state index contributed by atoms with van der Waals surface area (Å²) in [7, 11) is 3.62. The van der Waals surface area contributed by atoms with E-state index in [0.717, 1.165) is 35.2 Å². The van der Waals surface area contributed by atoms with Gasteiger partial charge in [0.15, 0.2) is 5.82 Å². The molecule has 0 unspecified atom stereocenters. The number of aliphatic hydroxyl groups excluding tert-OH is 1. The second-order valence-electron chi connectivity index (χ2n) is 12.5. The van der Waals surface area contributed by atoms with Crippen molar-refractivity contribution >= 4 is 22.3 Å². The summed E-state index contributed by atoms with van der Waals surface area (Å²) in [6.07, 6.45) is 6.90. The van der Waals surface area contributed by atoms with Crippen LogP contribution in [-0.4, -0.2) is 53.1 Å². The van der Waals surface area contributed by atoms with Gasteiger partial charge < -0.3 is 10.4 Å². The average molecular weight is 611 g/mol. The maximum atomic E-state index is 15.3. The third-order valence-electron chi connectivity index (χ3n) is 8.39. The molecule has 0 bridgehead atoms. The van der Waals surface area contributed by atoms with Gasteiger partial charge in [0.2, 0.25) is 0 Å². The highest BCUT2D eigenvalue weighted by Gasteiger charge is 2.24. The van der Waals surface area contributed by atoms with Gasteiger partial charge in [-0.1, -0.05) is 26.8 Å². The van der Waals surface area contributed by atoms with Gasteiger partial charge in [-0.15, -0.1) is 0 Å². The first-order chi connectivity index (χ1) is 21.5. The molecule has 5 heterocycles. The number of likely N-dealkylation sites (tertiary alicyclic amines) is 1. The van der Waals surface area contributed by atoms with Gasteiger partial charge in [-0.3, -0.25) is 14.5 Å². The van der Waals surface area contributed by atoms with E-state index in [9.17, 15) is 14.7 Å². The molecule has 2 N–H and O–H groups in total. The third kappa shape index (κ3) is 5.62. The molecule has 1 aliphatic rings. The van der Waals surface area contributed by atoms with Gasteiger partial charge in [0.25, 0.3) is 11.1 Å². The second-order valence-corrected chi connectivity index (χ2v) is 12.5. The number of anilines is 2. The van der Waals surface area contributed by atoms with Crippen molar-refractivity contribution in [2.24, 2.45) is 7.05 Å². The molecule has 1 aliphatic heterocycles. The Balaban J connectivity index is 1.39. The summed E-state index contributed by atoms with van der Waals surface area (Å²) in [5, 5.41) is 22.5. The van der Waals surface area contributed by atoms with Crippen LogP contribution >= 0.6 is 0 Å². The Bertz CT molecular complexity index is 2030. The number of nitrogens with zero attached hydrogens (tertiary/aromatic N) is 7. The molecule has 12 heteroatoms. The van der Waals surface area contributed by atoms with Gasteiger partial charge >= 0.3 is 0 Å². The molecule has 0 aliphatic carbocycles. The fourth-order valence-corrected chi connectivity index (χ4v) is 5.85. The van der Waals surface area contributed by atoms with E-state index in [1.807, 2.05) is 39.1 Å². The van der Waals surface area contributed by atoms with E-state index in [1.54, 1.807) is 18.2 Å². The van der Waals surface area contributed by atoms with Gasteiger partial charge in [0, 0.05) is 42.0 Å². The first-order valence-corrected chi connectivity index (χ1v) is 14.8. The Morgan fingerprint density at radius 3 is 2.51 bits per heavy atom. The highest BCUT2D eigenvalue weighted by molar-refractivity contribution is 5.82. The topological polar surface area (TPSA) is 131 Å². The molecular weight excluding hydrogens is 575 g/mol. The van der Waals surface area contributed by atoms with Crippen LogP contribution in [0.25, 0.3) is 27.8 Å². The SMILES string of the molecule is CN1CCC[C@H]1c1ccc(Nc2cc(-c3ccnc(-n4ncc5cc(C(C)(C)C)cc(F)c5c4=O)c3CO)nn(C)c2=O)nc1. The number of aliphatic hydroxyl groups is 1. The van der Waals surface area contributed by atoms with Crippen molar-refractivity contribution in [3.8, 4) is 17.1 Å². The average Bonchev–Trinajstić information content (AvgIpc) is 3.44. The Morgan fingerprint density at radius 2 is 1.84 bits per heavy atom. The lowest BCUT2D eigenvalue weighted by atomic mass is 9.86. The predicted molar refractivity (Wildman–Crippen MR) is 170 cm³/mol. The number of hydrogen-bond donors (Lipinski definition) is 2. The van der Waals surface area contributed by atoms with Crippen LogP contribution in [0, 0.1) is 5.82 Å². The molecule has 4 aromatic heterocycles. The molecule has 11 nitrogen and oxygen atoms in total. The van der Waals surface area contributed by atoms with Crippen LogP contribution in [-0.2, 0) is 19.1 Å². The van der Waals surface area contributed by atoms with Crippen LogP contribution in [0.1, 0.15) is 56.3 Å². The zero-order valence-corrected chi connectivity index (χ0v) is 25.9. The van der Waals surface area contributed by atoms with E-state index in [0.29, 0.717) is 28.5 Å². The maximum absolute atomic E-state index is 15.3. The molecule has 1 saturated heterocycles. The van der Waals surface area contributed by atoms with Crippen molar-refractivity contribution in [3.05, 3.63) is 98.2 Å². The van der Waals surface area contributed by atoms with Crippen molar-refractivity contribution in [3.63, 3.8) is 0 Å². The summed E-state index contributed by atoms with van der Waals surface area (Å²) in [6, 6.07) is 10.5. The highest BCUT2D eigenvalue weighted by Crippen LogP contribution is 2.31. The van der Waals surface area contributed by atoms with E-state index < -0.39 is 18.0 Å². The summed E-state index contributed by atoms with van der Waals surface area (Å²) >= 11 is 0. The van der Waals surface area contributed by atoms with E-state index >= 15 is 4.39 Å². The van der Waals surface area contributed by atoms with Crippen molar-refractivity contribution in [1.29, 1.82) is 0 Å². The molecule has 6 rings (SSSR count). The fraction of sp³-hybridized carbons (Fsp3) is 0.333. The standard InChI is InChI=1S/C33H35FN8O3/c1-33(2,3)21-13-20-17-37-42(32(45)29(20)24(34)14-21)30-23(18-43)22(10-11-35-30)25-15-26(31(44)41(5)39-25)38-28-9-8-19(16-36-28)27-7-6-12-40(27)4/h8-11,13-17,27,43H,6-7,12,18H2,1-5H3,(H,36,38)/t27-/m0/s1. The quantitative estimate of drug-likeness (QED) is 0.288. The molecule has 0 spiro atoms. The number of hydrogen-bond acceptors (Lipinski definition) is 9. The molecule has 5 aromatic rings. The zero-order valence-electron chi connectivity index (χ0n) is 25.9. The van der Waals surface area contributed by atoms with Gasteiger partial charge in [-0.25, -0.2) is 19.0 Å². The monoisotopic (exact) mass is 610 g/mol. The summed E-state index contributed by atoms with van der Waals surface area (Å²) in [6.45, 7) is 6.40. The summed E-state index contributed by atoms with van der Waals surface area (Å²) < 4.78 is 17.5. The van der Waals surface area contributed by atoms with Crippen molar-refractivity contribution < 1.29 is 9.50 Å². The minimum absolute atomic E-state index is 0.0282. The maximum Gasteiger partial charge on any atom is 0.290 e. The number of pyridine rings is 2. The smallest absolute Gasteiger partial charge is 0.290 e. The molecule has 232 valence electrons. The molecule has 1 aromatic carbocycles. The summed E-state index contributed by atoms with van der Waals surface area (Å²) in [5.74, 6) is -0.136. The Morgan fingerprint density at radius 1 is 1.04 bits per heavy atom. The van der Waals surface area contributed by atoms with Gasteiger partial charge in [0.1, 0.15) is 17.3 Å². The number of benzene rings is 1. The second kappa shape index (κ2) is 11.6. The molecule has 0 amide bonds. The Labute approximate surface area is 259 Å². The minimum Gasteiger partial charge on any atom is -0.392 e. The molecule has 45 heavy (non-hydrogen) atoms. The van der Waals surface area contributed by atoms with Crippen LogP contribution in [0.15, 0.2) is 64.6 Å². The summed E-state index contributed by atoms with van der Waals surface area (Å²) in [5.41, 5.74) is 1.66. The Kier molecular flexibility index (Phi) is 7.79. The van der Waals surface area contributed by atoms with E-state index in [-0.39, 0.29) is 33.4 Å². The number of rotatable bonds is 6. The molecule has 0 radical (unpaired) electrons. The zero-order chi connectivity index (χ0) is 32.0. The molecule has 1 atom stereocenters. The van der Waals surface area contributed by atoms with E-state index in [4.69, 9.17) is 0 Å². The third-order valence-corrected chi connectivity index (χ3v) is 8.39. The van der Waals surface area contributed by atoms with Gasteiger partial charge in [-0.05, 0) is 73.3 Å². The number of fused-ring (bicyclic) bond motifs is 1. The van der Waals surface area contributed by atoms with E-state index in [2.05, 4.69) is 37.4 Å². The lowest BCUT2D eigenvalue weighted by Crippen LogP contribution is -2.25. The number of aryl methyl sites for hydroxylation is 1. The normalized spacial score (nSPS) is 15.6. The van der Waals surface area contributed by atoms with Crippen molar-refractivity contribution in [2.75, 3.05) is 18.9 Å². The predicted octanol–water partition coefficient (Wildman–Crippen LogP) is 4.38. The number of halogens is 1. The van der Waals surface area contributed by atoms with Crippen LogP contribution in [0.2, 0.25) is 0 Å². The van der Waals surface area contributed by atoms with Gasteiger partial charge in [0.05, 0.1) is 23.9 Å². The van der Waals surface area contributed by atoms with Crippen LogP contribution < -0.4 is 16.4 Å². The molecule has 0 saturated carbocycles. The minimum atomic E-state index is -0.709. The highest BCUT2D eigenvalue weighted by atomic mass is 19.1. The van der Waals surface area contributed by atoms with Crippen molar-refractivity contribution in [2.45, 2.75) is 51.7 Å². The van der Waals surface area contributed by atoms with Gasteiger partial charge in [-0.2, -0.15) is 14.9 Å².